The fourth-order valence-electron chi connectivity index (χ4n) is 3.56. The van der Waals surface area contributed by atoms with Gasteiger partial charge in [-0.2, -0.15) is 0 Å². The van der Waals surface area contributed by atoms with Crippen LogP contribution in [0.15, 0.2) is 48.5 Å². The van der Waals surface area contributed by atoms with E-state index in [1.807, 2.05) is 53.4 Å². The van der Waals surface area contributed by atoms with Crippen LogP contribution in [0.25, 0.3) is 0 Å². The Morgan fingerprint density at radius 3 is 2.92 bits per heavy atom. The summed E-state index contributed by atoms with van der Waals surface area (Å²) in [4.78, 5) is 15.0. The Hall–Kier alpha value is -2.53. The molecule has 1 saturated heterocycles. The van der Waals surface area contributed by atoms with Gasteiger partial charge in [0.1, 0.15) is 11.9 Å². The highest BCUT2D eigenvalue weighted by Gasteiger charge is 2.35. The fourth-order valence-corrected chi connectivity index (χ4v) is 3.56. The van der Waals surface area contributed by atoms with Crippen LogP contribution in [0.1, 0.15) is 34.9 Å². The third-order valence-corrected chi connectivity index (χ3v) is 4.86. The van der Waals surface area contributed by atoms with E-state index in [9.17, 15) is 4.79 Å². The third kappa shape index (κ3) is 3.07. The average molecular weight is 338 g/mol. The Morgan fingerprint density at radius 2 is 2.12 bits per heavy atom. The minimum absolute atomic E-state index is 0.0395. The highest BCUT2D eigenvalue weighted by Crippen LogP contribution is 2.34. The Morgan fingerprint density at radius 1 is 1.24 bits per heavy atom. The van der Waals surface area contributed by atoms with Crippen molar-refractivity contribution >= 4 is 11.6 Å². The lowest BCUT2D eigenvalue weighted by molar-refractivity contribution is 0.0427. The maximum absolute atomic E-state index is 13.1. The lowest BCUT2D eigenvalue weighted by atomic mass is 10.0. The lowest BCUT2D eigenvalue weighted by Crippen LogP contribution is -2.46. The molecule has 0 unspecified atom stereocenters. The third-order valence-electron chi connectivity index (χ3n) is 4.86. The van der Waals surface area contributed by atoms with Crippen molar-refractivity contribution in [3.63, 3.8) is 0 Å². The summed E-state index contributed by atoms with van der Waals surface area (Å²) in [5, 5.41) is 3.51. The number of methoxy groups -OCH3 is 1. The van der Waals surface area contributed by atoms with Gasteiger partial charge in [0.2, 0.25) is 0 Å². The molecule has 0 bridgehead atoms. The predicted octanol–water partition coefficient (Wildman–Crippen LogP) is 3.44. The maximum atomic E-state index is 13.1. The second kappa shape index (κ2) is 6.76. The monoisotopic (exact) mass is 338 g/mol. The van der Waals surface area contributed by atoms with Crippen molar-refractivity contribution in [3.8, 4) is 5.75 Å². The van der Waals surface area contributed by atoms with E-state index in [4.69, 9.17) is 9.47 Å². The quantitative estimate of drug-likeness (QED) is 0.928. The highest BCUT2D eigenvalue weighted by molar-refractivity contribution is 6.01. The summed E-state index contributed by atoms with van der Waals surface area (Å²) >= 11 is 0. The molecule has 130 valence electrons. The molecule has 2 aliphatic heterocycles. The van der Waals surface area contributed by atoms with E-state index in [0.29, 0.717) is 12.1 Å². The van der Waals surface area contributed by atoms with Crippen LogP contribution in [0.2, 0.25) is 0 Å². The number of benzene rings is 2. The first-order valence-electron chi connectivity index (χ1n) is 8.68. The molecule has 2 aliphatic rings. The molecule has 2 aromatic rings. The Kier molecular flexibility index (Phi) is 4.32. The molecule has 2 atom stereocenters. The van der Waals surface area contributed by atoms with Gasteiger partial charge >= 0.3 is 0 Å². The number of carbonyl (C=O) groups excluding carboxylic acids is 1. The molecule has 0 aromatic heterocycles. The number of carbonyl (C=O) groups is 1. The first-order chi connectivity index (χ1) is 12.3. The van der Waals surface area contributed by atoms with E-state index >= 15 is 0 Å². The molecule has 2 heterocycles. The summed E-state index contributed by atoms with van der Waals surface area (Å²) in [6.45, 7) is 1.36. The maximum Gasteiger partial charge on any atom is 0.257 e. The lowest BCUT2D eigenvalue weighted by Gasteiger charge is -2.39. The molecule has 5 heteroatoms. The van der Waals surface area contributed by atoms with Crippen LogP contribution in [-0.4, -0.2) is 37.2 Å². The molecule has 0 aliphatic carbocycles. The summed E-state index contributed by atoms with van der Waals surface area (Å²) < 4.78 is 11.1. The molecule has 5 nitrogen and oxygen atoms in total. The Labute approximate surface area is 147 Å². The van der Waals surface area contributed by atoms with Crippen molar-refractivity contribution in [2.24, 2.45) is 0 Å². The molecule has 1 fully saturated rings. The smallest absolute Gasteiger partial charge is 0.257 e. The molecule has 25 heavy (non-hydrogen) atoms. The van der Waals surface area contributed by atoms with E-state index in [2.05, 4.69) is 5.32 Å². The van der Waals surface area contributed by atoms with Crippen molar-refractivity contribution in [2.45, 2.75) is 25.1 Å². The summed E-state index contributed by atoms with van der Waals surface area (Å²) in [5.74, 6) is 0.820. The number of anilines is 1. The van der Waals surface area contributed by atoms with E-state index < -0.39 is 0 Å². The Balaban J connectivity index is 1.71. The summed E-state index contributed by atoms with van der Waals surface area (Å²) in [7, 11) is 1.65. The number of hydrogen-bond acceptors (Lipinski definition) is 4. The molecule has 4 rings (SSSR count). The highest BCUT2D eigenvalue weighted by atomic mass is 16.5. The topological polar surface area (TPSA) is 50.8 Å². The van der Waals surface area contributed by atoms with Crippen molar-refractivity contribution in [1.29, 1.82) is 0 Å². The van der Waals surface area contributed by atoms with Gasteiger partial charge in [-0.1, -0.05) is 24.3 Å². The SMILES string of the molecule is COc1cccc([C@H]2Nc3ccccc3C(=O)N2C[C@H]2CCCO2)c1. The summed E-state index contributed by atoms with van der Waals surface area (Å²) in [6, 6.07) is 15.5. The van der Waals surface area contributed by atoms with E-state index in [1.54, 1.807) is 7.11 Å². The van der Waals surface area contributed by atoms with Gasteiger partial charge in [-0.05, 0) is 42.7 Å². The average Bonchev–Trinajstić information content (AvgIpc) is 3.17. The van der Waals surface area contributed by atoms with Crippen LogP contribution in [-0.2, 0) is 4.74 Å². The standard InChI is InChI=1S/C20H22N2O3/c1-24-15-7-4-6-14(12-15)19-21-18-10-3-2-9-17(18)20(23)22(19)13-16-8-5-11-25-16/h2-4,6-7,9-10,12,16,19,21H,5,8,11,13H2,1H3/t16-,19+/m1/s1. The predicted molar refractivity (Wildman–Crippen MR) is 95.8 cm³/mol. The van der Waals surface area contributed by atoms with Crippen LogP contribution in [0, 0.1) is 0 Å². The van der Waals surface area contributed by atoms with Crippen LogP contribution in [0.3, 0.4) is 0 Å². The zero-order valence-corrected chi connectivity index (χ0v) is 14.3. The minimum atomic E-state index is -0.235. The Bertz CT molecular complexity index is 771. The summed E-state index contributed by atoms with van der Waals surface area (Å²) in [6.07, 6.45) is 1.92. The van der Waals surface area contributed by atoms with Crippen molar-refractivity contribution in [3.05, 3.63) is 59.7 Å². The molecule has 0 radical (unpaired) electrons. The molecule has 0 spiro atoms. The second-order valence-electron chi connectivity index (χ2n) is 6.46. The number of ether oxygens (including phenoxy) is 2. The normalized spacial score (nSPS) is 22.4. The molecular weight excluding hydrogens is 316 g/mol. The fraction of sp³-hybridized carbons (Fsp3) is 0.350. The van der Waals surface area contributed by atoms with Crippen LogP contribution < -0.4 is 10.1 Å². The van der Waals surface area contributed by atoms with E-state index in [-0.39, 0.29) is 18.2 Å². The van der Waals surface area contributed by atoms with Crippen LogP contribution in [0.5, 0.6) is 5.75 Å². The minimum Gasteiger partial charge on any atom is -0.497 e. The van der Waals surface area contributed by atoms with Gasteiger partial charge in [0.05, 0.1) is 18.8 Å². The first-order valence-corrected chi connectivity index (χ1v) is 8.68. The number of fused-ring (bicyclic) bond motifs is 1. The van der Waals surface area contributed by atoms with Gasteiger partial charge in [0.15, 0.2) is 0 Å². The zero-order valence-electron chi connectivity index (χ0n) is 14.3. The number of amides is 1. The van der Waals surface area contributed by atoms with Gasteiger partial charge in [-0.25, -0.2) is 0 Å². The van der Waals surface area contributed by atoms with Gasteiger partial charge in [-0.15, -0.1) is 0 Å². The van der Waals surface area contributed by atoms with Crippen molar-refractivity contribution < 1.29 is 14.3 Å². The van der Waals surface area contributed by atoms with Gasteiger partial charge < -0.3 is 19.7 Å². The number of nitrogens with zero attached hydrogens (tertiary/aromatic N) is 1. The van der Waals surface area contributed by atoms with E-state index in [0.717, 1.165) is 36.4 Å². The largest absolute Gasteiger partial charge is 0.497 e. The number of rotatable bonds is 4. The molecule has 1 amide bonds. The first kappa shape index (κ1) is 16.0. The van der Waals surface area contributed by atoms with Gasteiger partial charge in [0.25, 0.3) is 5.91 Å². The second-order valence-corrected chi connectivity index (χ2v) is 6.46. The van der Waals surface area contributed by atoms with Crippen LogP contribution >= 0.6 is 0 Å². The van der Waals surface area contributed by atoms with E-state index in [1.165, 1.54) is 0 Å². The van der Waals surface area contributed by atoms with Crippen molar-refractivity contribution in [1.82, 2.24) is 4.90 Å². The van der Waals surface area contributed by atoms with Crippen LogP contribution in [0.4, 0.5) is 5.69 Å². The molecular formula is C20H22N2O3. The summed E-state index contributed by atoms with van der Waals surface area (Å²) in [5.41, 5.74) is 2.57. The number of hydrogen-bond donors (Lipinski definition) is 1. The molecule has 2 aromatic carbocycles. The molecule has 0 saturated carbocycles. The number of para-hydroxylation sites is 1. The van der Waals surface area contributed by atoms with Gasteiger partial charge in [0, 0.05) is 18.8 Å². The zero-order chi connectivity index (χ0) is 17.2. The van der Waals surface area contributed by atoms with Crippen molar-refractivity contribution in [2.75, 3.05) is 25.6 Å². The van der Waals surface area contributed by atoms with Gasteiger partial charge in [-0.3, -0.25) is 4.79 Å². The number of nitrogens with one attached hydrogen (secondary N) is 1. The molecule has 1 N–H and O–H groups in total.